The molecule has 4 nitrogen and oxygen atoms in total. The lowest BCUT2D eigenvalue weighted by Crippen LogP contribution is -2.50. The van der Waals surface area contributed by atoms with Crippen molar-refractivity contribution >= 4 is 5.91 Å². The first-order valence-corrected chi connectivity index (χ1v) is 6.14. The van der Waals surface area contributed by atoms with Crippen molar-refractivity contribution < 1.29 is 4.79 Å². The Morgan fingerprint density at radius 3 is 2.56 bits per heavy atom. The molecule has 16 heavy (non-hydrogen) atoms. The van der Waals surface area contributed by atoms with Gasteiger partial charge in [-0.2, -0.15) is 0 Å². The van der Waals surface area contributed by atoms with Gasteiger partial charge in [-0.05, 0) is 12.8 Å². The van der Waals surface area contributed by atoms with E-state index >= 15 is 0 Å². The zero-order chi connectivity index (χ0) is 11.4. The minimum Gasteiger partial charge on any atom is -0.339 e. The Kier molecular flexibility index (Phi) is 3.96. The van der Waals surface area contributed by atoms with Crippen LogP contribution in [-0.4, -0.2) is 61.0 Å². The predicted molar refractivity (Wildman–Crippen MR) is 64.2 cm³/mol. The van der Waals surface area contributed by atoms with E-state index in [2.05, 4.69) is 16.8 Å². The highest BCUT2D eigenvalue weighted by Gasteiger charge is 2.24. The van der Waals surface area contributed by atoms with Crippen molar-refractivity contribution in [3.05, 3.63) is 12.7 Å². The first-order chi connectivity index (χ1) is 7.79. The van der Waals surface area contributed by atoms with Crippen molar-refractivity contribution in [2.24, 2.45) is 0 Å². The summed E-state index contributed by atoms with van der Waals surface area (Å²) in [6.45, 7) is 8.85. The maximum atomic E-state index is 11.8. The van der Waals surface area contributed by atoms with Crippen LogP contribution in [0.25, 0.3) is 0 Å². The number of amides is 1. The van der Waals surface area contributed by atoms with Crippen molar-refractivity contribution in [1.82, 2.24) is 15.1 Å². The van der Waals surface area contributed by atoms with Crippen LogP contribution in [0, 0.1) is 0 Å². The number of rotatable bonds is 5. The summed E-state index contributed by atoms with van der Waals surface area (Å²) in [4.78, 5) is 16.1. The van der Waals surface area contributed by atoms with Gasteiger partial charge in [0.25, 0.3) is 0 Å². The molecule has 1 amide bonds. The van der Waals surface area contributed by atoms with Gasteiger partial charge in [0.05, 0.1) is 6.54 Å². The normalized spacial score (nSPS) is 22.1. The van der Waals surface area contributed by atoms with Gasteiger partial charge < -0.3 is 10.2 Å². The lowest BCUT2D eigenvalue weighted by Gasteiger charge is -2.34. The highest BCUT2D eigenvalue weighted by atomic mass is 16.2. The highest BCUT2D eigenvalue weighted by molar-refractivity contribution is 5.78. The van der Waals surface area contributed by atoms with Crippen LogP contribution >= 0.6 is 0 Å². The molecule has 0 unspecified atom stereocenters. The molecule has 0 atom stereocenters. The average Bonchev–Trinajstić information content (AvgIpc) is 3.11. The molecular formula is C12H21N3O. The minimum absolute atomic E-state index is 0.255. The molecule has 1 heterocycles. The van der Waals surface area contributed by atoms with Gasteiger partial charge in [0.15, 0.2) is 0 Å². The number of nitrogens with one attached hydrogen (secondary N) is 1. The van der Waals surface area contributed by atoms with E-state index in [0.29, 0.717) is 12.6 Å². The fraction of sp³-hybridized carbons (Fsp3) is 0.750. The number of nitrogens with zero attached hydrogens (tertiary/aromatic N) is 2. The van der Waals surface area contributed by atoms with Crippen LogP contribution < -0.4 is 5.32 Å². The zero-order valence-corrected chi connectivity index (χ0v) is 9.82. The molecule has 1 aliphatic carbocycles. The summed E-state index contributed by atoms with van der Waals surface area (Å²) in [5.41, 5.74) is 0. The van der Waals surface area contributed by atoms with Crippen LogP contribution in [0.1, 0.15) is 12.8 Å². The summed E-state index contributed by atoms with van der Waals surface area (Å²) < 4.78 is 0. The molecule has 90 valence electrons. The van der Waals surface area contributed by atoms with E-state index in [4.69, 9.17) is 0 Å². The molecule has 2 fully saturated rings. The Balaban J connectivity index is 1.66. The fourth-order valence-electron chi connectivity index (χ4n) is 1.99. The van der Waals surface area contributed by atoms with E-state index in [1.165, 1.54) is 12.8 Å². The summed E-state index contributed by atoms with van der Waals surface area (Å²) in [7, 11) is 0. The Morgan fingerprint density at radius 2 is 2.00 bits per heavy atom. The molecule has 1 saturated carbocycles. The Labute approximate surface area is 97.3 Å². The van der Waals surface area contributed by atoms with Gasteiger partial charge in [-0.15, -0.1) is 6.58 Å². The molecule has 0 radical (unpaired) electrons. The highest BCUT2D eigenvalue weighted by Crippen LogP contribution is 2.18. The molecule has 0 aromatic carbocycles. The maximum Gasteiger partial charge on any atom is 0.236 e. The number of carbonyl (C=O) groups is 1. The molecule has 2 rings (SSSR count). The smallest absolute Gasteiger partial charge is 0.236 e. The Hall–Kier alpha value is -0.870. The van der Waals surface area contributed by atoms with Crippen molar-refractivity contribution in [2.75, 3.05) is 39.3 Å². The van der Waals surface area contributed by atoms with Gasteiger partial charge >= 0.3 is 0 Å². The van der Waals surface area contributed by atoms with Crippen LogP contribution in [0.2, 0.25) is 0 Å². The standard InChI is InChI=1S/C12H21N3O/c1-2-5-14-6-8-15(9-7-14)12(16)10-13-11-3-4-11/h2,11,13H,1,3-10H2. The third kappa shape index (κ3) is 3.32. The summed E-state index contributed by atoms with van der Waals surface area (Å²) in [5.74, 6) is 0.255. The van der Waals surface area contributed by atoms with E-state index in [9.17, 15) is 4.79 Å². The minimum atomic E-state index is 0.255. The molecule has 0 aromatic rings. The largest absolute Gasteiger partial charge is 0.339 e. The Morgan fingerprint density at radius 1 is 1.31 bits per heavy atom. The second-order valence-electron chi connectivity index (χ2n) is 4.63. The van der Waals surface area contributed by atoms with Crippen LogP contribution in [0.4, 0.5) is 0 Å². The molecule has 1 saturated heterocycles. The van der Waals surface area contributed by atoms with Crippen LogP contribution in [0.15, 0.2) is 12.7 Å². The van der Waals surface area contributed by atoms with Crippen LogP contribution in [0.3, 0.4) is 0 Å². The lowest BCUT2D eigenvalue weighted by atomic mass is 10.3. The zero-order valence-electron chi connectivity index (χ0n) is 9.82. The Bertz CT molecular complexity index is 255. The van der Waals surface area contributed by atoms with E-state index in [1.807, 2.05) is 11.0 Å². The van der Waals surface area contributed by atoms with Crippen LogP contribution in [-0.2, 0) is 4.79 Å². The van der Waals surface area contributed by atoms with Gasteiger partial charge in [-0.3, -0.25) is 9.69 Å². The molecule has 2 aliphatic rings. The van der Waals surface area contributed by atoms with Gasteiger partial charge in [0.2, 0.25) is 5.91 Å². The molecule has 0 aromatic heterocycles. The summed E-state index contributed by atoms with van der Waals surface area (Å²) in [5, 5.41) is 3.27. The summed E-state index contributed by atoms with van der Waals surface area (Å²) in [6.07, 6.45) is 4.40. The molecule has 1 N–H and O–H groups in total. The molecule has 0 spiro atoms. The maximum absolute atomic E-state index is 11.8. The van der Waals surface area contributed by atoms with Gasteiger partial charge in [-0.1, -0.05) is 6.08 Å². The van der Waals surface area contributed by atoms with E-state index in [-0.39, 0.29) is 5.91 Å². The third-order valence-corrected chi connectivity index (χ3v) is 3.23. The number of piperazine rings is 1. The molecule has 0 bridgehead atoms. The average molecular weight is 223 g/mol. The summed E-state index contributed by atoms with van der Waals surface area (Å²) >= 11 is 0. The van der Waals surface area contributed by atoms with Crippen molar-refractivity contribution in [1.29, 1.82) is 0 Å². The molecule has 4 heteroatoms. The predicted octanol–water partition coefficient (Wildman–Crippen LogP) is 0.0686. The molecule has 1 aliphatic heterocycles. The van der Waals surface area contributed by atoms with E-state index in [0.717, 1.165) is 32.7 Å². The summed E-state index contributed by atoms with van der Waals surface area (Å²) in [6, 6.07) is 0.617. The first kappa shape index (κ1) is 11.6. The second-order valence-corrected chi connectivity index (χ2v) is 4.63. The van der Waals surface area contributed by atoms with Gasteiger partial charge in [-0.25, -0.2) is 0 Å². The van der Waals surface area contributed by atoms with E-state index in [1.54, 1.807) is 0 Å². The number of hydrogen-bond acceptors (Lipinski definition) is 3. The fourth-order valence-corrected chi connectivity index (χ4v) is 1.99. The number of hydrogen-bond donors (Lipinski definition) is 1. The van der Waals surface area contributed by atoms with Crippen molar-refractivity contribution in [3.8, 4) is 0 Å². The van der Waals surface area contributed by atoms with Crippen LogP contribution in [0.5, 0.6) is 0 Å². The quantitative estimate of drug-likeness (QED) is 0.670. The SMILES string of the molecule is C=CCN1CCN(C(=O)CNC2CC2)CC1. The first-order valence-electron chi connectivity index (χ1n) is 6.14. The van der Waals surface area contributed by atoms with Crippen molar-refractivity contribution in [2.45, 2.75) is 18.9 Å². The lowest BCUT2D eigenvalue weighted by molar-refractivity contribution is -0.131. The van der Waals surface area contributed by atoms with Gasteiger partial charge in [0, 0.05) is 38.8 Å². The molecular weight excluding hydrogens is 202 g/mol. The monoisotopic (exact) mass is 223 g/mol. The van der Waals surface area contributed by atoms with Crippen molar-refractivity contribution in [3.63, 3.8) is 0 Å². The third-order valence-electron chi connectivity index (χ3n) is 3.23. The second kappa shape index (κ2) is 5.46. The number of carbonyl (C=O) groups excluding carboxylic acids is 1. The topological polar surface area (TPSA) is 35.6 Å². The van der Waals surface area contributed by atoms with E-state index < -0.39 is 0 Å². The van der Waals surface area contributed by atoms with Gasteiger partial charge in [0.1, 0.15) is 0 Å².